The van der Waals surface area contributed by atoms with Crippen LogP contribution in [0.4, 0.5) is 4.39 Å². The predicted molar refractivity (Wildman–Crippen MR) is 109 cm³/mol. The van der Waals surface area contributed by atoms with E-state index in [2.05, 4.69) is 22.4 Å². The second kappa shape index (κ2) is 9.35. The van der Waals surface area contributed by atoms with E-state index in [4.69, 9.17) is 0 Å². The molecule has 1 N–H and O–H groups in total. The van der Waals surface area contributed by atoms with Crippen LogP contribution in [0.5, 0.6) is 0 Å². The maximum Gasteiger partial charge on any atom is 0.222 e. The zero-order valence-electron chi connectivity index (χ0n) is 16.5. The fraction of sp³-hybridized carbons (Fsp3) is 0.364. The molecule has 148 valence electrons. The Labute approximate surface area is 165 Å². The highest BCUT2D eigenvalue weighted by Crippen LogP contribution is 2.17. The molecule has 1 aliphatic heterocycles. The molecule has 28 heavy (non-hydrogen) atoms. The van der Waals surface area contributed by atoms with Crippen LogP contribution in [0.15, 0.2) is 53.5 Å². The molecule has 0 radical (unpaired) electrons. The summed E-state index contributed by atoms with van der Waals surface area (Å²) in [6, 6.07) is 14.7. The number of halogens is 1. The molecular formula is C22H27FN4O. The molecule has 3 rings (SSSR count). The van der Waals surface area contributed by atoms with E-state index in [1.807, 2.05) is 35.0 Å². The number of aliphatic imine (C=N–C) groups is 1. The minimum Gasteiger partial charge on any atom is -0.352 e. The van der Waals surface area contributed by atoms with Gasteiger partial charge in [0.1, 0.15) is 5.82 Å². The largest absolute Gasteiger partial charge is 0.352 e. The molecular weight excluding hydrogens is 355 g/mol. The van der Waals surface area contributed by atoms with Gasteiger partial charge in [0.05, 0.1) is 0 Å². The van der Waals surface area contributed by atoms with E-state index in [1.54, 1.807) is 13.1 Å². The van der Waals surface area contributed by atoms with Crippen molar-refractivity contribution in [3.63, 3.8) is 0 Å². The highest BCUT2D eigenvalue weighted by Gasteiger charge is 2.21. The molecule has 1 heterocycles. The van der Waals surface area contributed by atoms with Crippen LogP contribution in [-0.4, -0.2) is 42.3 Å². The zero-order valence-corrected chi connectivity index (χ0v) is 16.5. The number of guanidine groups is 1. The first kappa shape index (κ1) is 19.9. The van der Waals surface area contributed by atoms with Crippen molar-refractivity contribution in [1.82, 2.24) is 15.1 Å². The molecule has 1 fully saturated rings. The van der Waals surface area contributed by atoms with Crippen molar-refractivity contribution in [2.75, 3.05) is 20.6 Å². The van der Waals surface area contributed by atoms with Crippen molar-refractivity contribution in [3.8, 4) is 0 Å². The lowest BCUT2D eigenvalue weighted by Crippen LogP contribution is -2.38. The molecule has 5 nitrogen and oxygen atoms in total. The number of carbonyl (C=O) groups excluding carboxylic acids is 1. The van der Waals surface area contributed by atoms with Crippen LogP contribution in [0.1, 0.15) is 29.5 Å². The average Bonchev–Trinajstić information content (AvgIpc) is 3.08. The van der Waals surface area contributed by atoms with Gasteiger partial charge in [-0.15, -0.1) is 0 Å². The van der Waals surface area contributed by atoms with Crippen molar-refractivity contribution in [3.05, 3.63) is 71.0 Å². The van der Waals surface area contributed by atoms with Crippen LogP contribution in [0.2, 0.25) is 0 Å². The molecule has 2 aromatic carbocycles. The molecule has 1 amide bonds. The third-order valence-electron chi connectivity index (χ3n) is 4.97. The van der Waals surface area contributed by atoms with Gasteiger partial charge in [-0.3, -0.25) is 9.79 Å². The first-order chi connectivity index (χ1) is 13.6. The SMILES string of the molecule is CN=C(NCc1ccccc1CN1CCCC1=O)N(C)Cc1cccc(F)c1. The normalized spacial score (nSPS) is 14.5. The van der Waals surface area contributed by atoms with E-state index in [0.717, 1.165) is 35.6 Å². The molecule has 1 aliphatic rings. The zero-order chi connectivity index (χ0) is 19.9. The Morgan fingerprint density at radius 1 is 1.21 bits per heavy atom. The first-order valence-electron chi connectivity index (χ1n) is 9.57. The second-order valence-corrected chi connectivity index (χ2v) is 7.07. The van der Waals surface area contributed by atoms with Crippen molar-refractivity contribution in [2.24, 2.45) is 4.99 Å². The molecule has 0 saturated carbocycles. The van der Waals surface area contributed by atoms with Gasteiger partial charge in [-0.25, -0.2) is 4.39 Å². The molecule has 1 saturated heterocycles. The number of carbonyl (C=O) groups is 1. The maximum absolute atomic E-state index is 13.4. The lowest BCUT2D eigenvalue weighted by Gasteiger charge is -2.23. The van der Waals surface area contributed by atoms with Gasteiger partial charge in [0.2, 0.25) is 5.91 Å². The lowest BCUT2D eigenvalue weighted by molar-refractivity contribution is -0.128. The van der Waals surface area contributed by atoms with Gasteiger partial charge >= 0.3 is 0 Å². The standard InChI is InChI=1S/C22H27FN4O/c1-24-22(26(2)15-17-7-5-10-20(23)13-17)25-14-18-8-3-4-9-19(18)16-27-12-6-11-21(27)28/h3-5,7-10,13H,6,11-12,14-16H2,1-2H3,(H,24,25). The summed E-state index contributed by atoms with van der Waals surface area (Å²) < 4.78 is 13.4. The first-order valence-corrected chi connectivity index (χ1v) is 9.57. The Bertz CT molecular complexity index is 852. The number of nitrogens with one attached hydrogen (secondary N) is 1. The maximum atomic E-state index is 13.4. The number of hydrogen-bond acceptors (Lipinski definition) is 2. The number of benzene rings is 2. The van der Waals surface area contributed by atoms with Gasteiger partial charge in [-0.1, -0.05) is 36.4 Å². The Balaban J connectivity index is 1.62. The second-order valence-electron chi connectivity index (χ2n) is 7.07. The van der Waals surface area contributed by atoms with Crippen LogP contribution in [0, 0.1) is 5.82 Å². The van der Waals surface area contributed by atoms with E-state index in [9.17, 15) is 9.18 Å². The quantitative estimate of drug-likeness (QED) is 0.617. The van der Waals surface area contributed by atoms with E-state index in [0.29, 0.717) is 26.1 Å². The van der Waals surface area contributed by atoms with Crippen LogP contribution >= 0.6 is 0 Å². The van der Waals surface area contributed by atoms with Crippen molar-refractivity contribution >= 4 is 11.9 Å². The number of hydrogen-bond donors (Lipinski definition) is 1. The van der Waals surface area contributed by atoms with E-state index >= 15 is 0 Å². The number of nitrogens with zero attached hydrogens (tertiary/aromatic N) is 3. The van der Waals surface area contributed by atoms with Crippen molar-refractivity contribution in [2.45, 2.75) is 32.5 Å². The minimum atomic E-state index is -0.237. The topological polar surface area (TPSA) is 47.9 Å². The summed E-state index contributed by atoms with van der Waals surface area (Å²) in [5.74, 6) is 0.726. The third kappa shape index (κ3) is 5.09. The molecule has 0 spiro atoms. The predicted octanol–water partition coefficient (Wildman–Crippen LogP) is 3.16. The summed E-state index contributed by atoms with van der Waals surface area (Å²) in [4.78, 5) is 20.2. The van der Waals surface area contributed by atoms with Crippen molar-refractivity contribution < 1.29 is 9.18 Å². The van der Waals surface area contributed by atoms with Gasteiger partial charge < -0.3 is 15.1 Å². The molecule has 0 aromatic heterocycles. The summed E-state index contributed by atoms with van der Waals surface area (Å²) in [6.07, 6.45) is 1.59. The van der Waals surface area contributed by atoms with Crippen LogP contribution in [0.25, 0.3) is 0 Å². The highest BCUT2D eigenvalue weighted by atomic mass is 19.1. The number of likely N-dealkylation sites (tertiary alicyclic amines) is 1. The van der Waals surface area contributed by atoms with Gasteiger partial charge in [-0.05, 0) is 35.2 Å². The van der Waals surface area contributed by atoms with Crippen molar-refractivity contribution in [1.29, 1.82) is 0 Å². The molecule has 2 aromatic rings. The molecule has 0 aliphatic carbocycles. The fourth-order valence-electron chi connectivity index (χ4n) is 3.50. The van der Waals surface area contributed by atoms with E-state index in [-0.39, 0.29) is 11.7 Å². The Hall–Kier alpha value is -2.89. The molecule has 0 bridgehead atoms. The van der Waals surface area contributed by atoms with Gasteiger partial charge in [0.25, 0.3) is 0 Å². The summed E-state index contributed by atoms with van der Waals surface area (Å²) in [5, 5.41) is 3.38. The lowest BCUT2D eigenvalue weighted by atomic mass is 10.1. The monoisotopic (exact) mass is 382 g/mol. The molecule has 0 atom stereocenters. The molecule has 0 unspecified atom stereocenters. The van der Waals surface area contributed by atoms with E-state index < -0.39 is 0 Å². The average molecular weight is 382 g/mol. The number of rotatable bonds is 6. The third-order valence-corrected chi connectivity index (χ3v) is 4.97. The Morgan fingerprint density at radius 3 is 2.68 bits per heavy atom. The van der Waals surface area contributed by atoms with Gasteiger partial charge in [0, 0.05) is 46.7 Å². The van der Waals surface area contributed by atoms with Gasteiger partial charge in [-0.2, -0.15) is 0 Å². The highest BCUT2D eigenvalue weighted by molar-refractivity contribution is 5.79. The summed E-state index contributed by atoms with van der Waals surface area (Å²) in [5.41, 5.74) is 3.18. The van der Waals surface area contributed by atoms with Gasteiger partial charge in [0.15, 0.2) is 5.96 Å². The Morgan fingerprint density at radius 2 is 2.00 bits per heavy atom. The number of amides is 1. The Kier molecular flexibility index (Phi) is 6.63. The minimum absolute atomic E-state index is 0.230. The van der Waals surface area contributed by atoms with Crippen LogP contribution < -0.4 is 5.32 Å². The van der Waals surface area contributed by atoms with Crippen LogP contribution in [0.3, 0.4) is 0 Å². The van der Waals surface area contributed by atoms with Crippen LogP contribution in [-0.2, 0) is 24.4 Å². The fourth-order valence-corrected chi connectivity index (χ4v) is 3.50. The summed E-state index contributed by atoms with van der Waals surface area (Å²) in [7, 11) is 3.66. The summed E-state index contributed by atoms with van der Waals surface area (Å²) in [6.45, 7) is 2.65. The summed E-state index contributed by atoms with van der Waals surface area (Å²) >= 11 is 0. The molecule has 6 heteroatoms. The smallest absolute Gasteiger partial charge is 0.222 e. The van der Waals surface area contributed by atoms with E-state index in [1.165, 1.54) is 12.1 Å².